The van der Waals surface area contributed by atoms with Gasteiger partial charge in [-0.2, -0.15) is 0 Å². The van der Waals surface area contributed by atoms with E-state index in [-0.39, 0.29) is 0 Å². The van der Waals surface area contributed by atoms with E-state index >= 15 is 0 Å². The molecule has 2 aromatic rings. The van der Waals surface area contributed by atoms with Gasteiger partial charge in [0, 0.05) is 19.6 Å². The number of ether oxygens (including phenoxy) is 2. The van der Waals surface area contributed by atoms with Gasteiger partial charge in [0.15, 0.2) is 0 Å². The van der Waals surface area contributed by atoms with Crippen molar-refractivity contribution in [2.45, 2.75) is 12.2 Å². The summed E-state index contributed by atoms with van der Waals surface area (Å²) in [6.45, 7) is 2.18. The molecule has 0 unspecified atom stereocenters. The Morgan fingerprint density at radius 2 is 1.39 bits per heavy atom. The summed E-state index contributed by atoms with van der Waals surface area (Å²) in [5.41, 5.74) is 0. The smallest absolute Gasteiger partial charge is 0.127 e. The fraction of sp³-hybridized carbons (Fsp3) is 0.333. The molecule has 1 aliphatic heterocycles. The molecule has 1 aliphatic rings. The molecule has 2 aromatic carbocycles. The van der Waals surface area contributed by atoms with Crippen LogP contribution in [0.4, 0.5) is 0 Å². The van der Waals surface area contributed by atoms with Gasteiger partial charge in [-0.25, -0.2) is 0 Å². The molecule has 1 heterocycles. The number of likely N-dealkylation sites (tertiary alicyclic amines) is 1. The van der Waals surface area contributed by atoms with Gasteiger partial charge < -0.3 is 19.7 Å². The third kappa shape index (κ3) is 4.45. The lowest BCUT2D eigenvalue weighted by molar-refractivity contribution is 0.0572. The number of rotatable bonds is 6. The summed E-state index contributed by atoms with van der Waals surface area (Å²) in [5.74, 6) is 2.33. The van der Waals surface area contributed by atoms with Gasteiger partial charge in [-0.1, -0.05) is 18.2 Å². The van der Waals surface area contributed by atoms with Crippen LogP contribution in [-0.2, 0) is 0 Å². The van der Waals surface area contributed by atoms with Crippen LogP contribution in [0.2, 0.25) is 0 Å². The van der Waals surface area contributed by atoms with Crippen molar-refractivity contribution in [1.29, 1.82) is 0 Å². The van der Waals surface area contributed by atoms with Crippen LogP contribution in [-0.4, -0.2) is 53.6 Å². The lowest BCUT2D eigenvalue weighted by atomic mass is 10.3. The lowest BCUT2D eigenvalue weighted by Gasteiger charge is -2.15. The van der Waals surface area contributed by atoms with Crippen molar-refractivity contribution in [1.82, 2.24) is 4.90 Å². The van der Waals surface area contributed by atoms with Crippen LogP contribution in [0, 0.1) is 0 Å². The number of β-amino-alcohol motifs (C(OH)–C–C–N with tert-alkyl or cyclic N) is 2. The van der Waals surface area contributed by atoms with Gasteiger partial charge in [0.05, 0.1) is 12.2 Å². The number of hydrogen-bond donors (Lipinski definition) is 2. The van der Waals surface area contributed by atoms with Crippen LogP contribution < -0.4 is 9.47 Å². The Balaban J connectivity index is 1.44. The molecule has 5 heteroatoms. The largest absolute Gasteiger partial charge is 0.492 e. The van der Waals surface area contributed by atoms with E-state index in [1.807, 2.05) is 59.5 Å². The van der Waals surface area contributed by atoms with Crippen molar-refractivity contribution in [3.05, 3.63) is 54.6 Å². The van der Waals surface area contributed by atoms with Crippen LogP contribution in [0.15, 0.2) is 54.6 Å². The standard InChI is InChI=1S/C18H21NO4/c20-17-12-19(13-18(17)21)10-11-22-14-6-8-16(9-7-14)23-15-4-2-1-3-5-15/h1-9,17-18,20-21H,10-13H2/t17-,18-/m0/s1. The number of aliphatic hydroxyl groups excluding tert-OH is 2. The Morgan fingerprint density at radius 3 is 2.04 bits per heavy atom. The summed E-state index contributed by atoms with van der Waals surface area (Å²) in [6.07, 6.45) is -1.30. The lowest BCUT2D eigenvalue weighted by Crippen LogP contribution is -2.27. The molecule has 0 spiro atoms. The highest BCUT2D eigenvalue weighted by molar-refractivity contribution is 5.35. The number of benzene rings is 2. The minimum absolute atomic E-state index is 0.494. The van der Waals surface area contributed by atoms with Gasteiger partial charge >= 0.3 is 0 Å². The zero-order valence-corrected chi connectivity index (χ0v) is 12.8. The third-order valence-electron chi connectivity index (χ3n) is 3.81. The highest BCUT2D eigenvalue weighted by Gasteiger charge is 2.28. The molecule has 2 N–H and O–H groups in total. The Hall–Kier alpha value is -2.08. The van der Waals surface area contributed by atoms with Crippen molar-refractivity contribution >= 4 is 0 Å². The van der Waals surface area contributed by atoms with Gasteiger partial charge in [-0.3, -0.25) is 4.90 Å². The molecule has 5 nitrogen and oxygen atoms in total. The Kier molecular flexibility index (Phi) is 5.12. The SMILES string of the molecule is O[C@H]1CN(CCOc2ccc(Oc3ccccc3)cc2)C[C@@H]1O. The van der Waals surface area contributed by atoms with Crippen LogP contribution in [0.3, 0.4) is 0 Å². The monoisotopic (exact) mass is 315 g/mol. The molecule has 0 aliphatic carbocycles. The minimum Gasteiger partial charge on any atom is -0.492 e. The van der Waals surface area contributed by atoms with E-state index in [4.69, 9.17) is 9.47 Å². The Morgan fingerprint density at radius 1 is 0.826 bits per heavy atom. The van der Waals surface area contributed by atoms with Crippen molar-refractivity contribution in [3.63, 3.8) is 0 Å². The van der Waals surface area contributed by atoms with Crippen LogP contribution in [0.5, 0.6) is 17.2 Å². The van der Waals surface area contributed by atoms with Gasteiger partial charge in [0.2, 0.25) is 0 Å². The van der Waals surface area contributed by atoms with E-state index in [1.54, 1.807) is 0 Å². The highest BCUT2D eigenvalue weighted by atomic mass is 16.5. The van der Waals surface area contributed by atoms with E-state index in [1.165, 1.54) is 0 Å². The van der Waals surface area contributed by atoms with Crippen molar-refractivity contribution in [3.8, 4) is 17.2 Å². The van der Waals surface area contributed by atoms with E-state index < -0.39 is 12.2 Å². The zero-order valence-electron chi connectivity index (χ0n) is 12.8. The Bertz CT molecular complexity index is 592. The molecule has 1 saturated heterocycles. The predicted octanol–water partition coefficient (Wildman–Crippen LogP) is 1.90. The molecule has 0 amide bonds. The number of nitrogens with zero attached hydrogens (tertiary/aromatic N) is 1. The normalized spacial score (nSPS) is 21.3. The zero-order chi connectivity index (χ0) is 16.1. The fourth-order valence-corrected chi connectivity index (χ4v) is 2.55. The molecule has 2 atom stereocenters. The quantitative estimate of drug-likeness (QED) is 0.852. The molecule has 23 heavy (non-hydrogen) atoms. The van der Waals surface area contributed by atoms with Crippen LogP contribution in [0.25, 0.3) is 0 Å². The average Bonchev–Trinajstić information content (AvgIpc) is 2.88. The summed E-state index contributed by atoms with van der Waals surface area (Å²) in [7, 11) is 0. The fourth-order valence-electron chi connectivity index (χ4n) is 2.55. The predicted molar refractivity (Wildman–Crippen MR) is 86.9 cm³/mol. The van der Waals surface area contributed by atoms with Crippen molar-refractivity contribution in [2.24, 2.45) is 0 Å². The Labute approximate surface area is 135 Å². The van der Waals surface area contributed by atoms with E-state index in [0.717, 1.165) is 17.2 Å². The van der Waals surface area contributed by atoms with Gasteiger partial charge in [-0.05, 0) is 36.4 Å². The first-order valence-electron chi connectivity index (χ1n) is 7.75. The second-order valence-electron chi connectivity index (χ2n) is 5.63. The number of aliphatic hydroxyl groups is 2. The van der Waals surface area contributed by atoms with E-state index in [2.05, 4.69) is 0 Å². The van der Waals surface area contributed by atoms with Gasteiger partial charge in [0.25, 0.3) is 0 Å². The first-order chi connectivity index (χ1) is 11.2. The third-order valence-corrected chi connectivity index (χ3v) is 3.81. The number of hydrogen-bond acceptors (Lipinski definition) is 5. The average molecular weight is 315 g/mol. The van der Waals surface area contributed by atoms with Gasteiger partial charge in [0.1, 0.15) is 23.9 Å². The minimum atomic E-state index is -0.649. The van der Waals surface area contributed by atoms with E-state index in [0.29, 0.717) is 26.2 Å². The maximum absolute atomic E-state index is 9.49. The first kappa shape index (κ1) is 15.8. The van der Waals surface area contributed by atoms with Crippen LogP contribution in [0.1, 0.15) is 0 Å². The summed E-state index contributed by atoms with van der Waals surface area (Å²) in [4.78, 5) is 1.99. The summed E-state index contributed by atoms with van der Waals surface area (Å²) >= 11 is 0. The molecule has 1 fully saturated rings. The molecule has 0 aromatic heterocycles. The maximum atomic E-state index is 9.49. The van der Waals surface area contributed by atoms with Crippen molar-refractivity contribution in [2.75, 3.05) is 26.2 Å². The maximum Gasteiger partial charge on any atom is 0.127 e. The first-order valence-corrected chi connectivity index (χ1v) is 7.75. The number of para-hydroxylation sites is 1. The molecular formula is C18H21NO4. The second-order valence-corrected chi connectivity index (χ2v) is 5.63. The van der Waals surface area contributed by atoms with Crippen molar-refractivity contribution < 1.29 is 19.7 Å². The van der Waals surface area contributed by atoms with Gasteiger partial charge in [-0.15, -0.1) is 0 Å². The van der Waals surface area contributed by atoms with E-state index in [9.17, 15) is 10.2 Å². The topological polar surface area (TPSA) is 62.2 Å². The summed E-state index contributed by atoms with van der Waals surface area (Å²) in [5, 5.41) is 19.0. The second kappa shape index (κ2) is 7.46. The molecular weight excluding hydrogens is 294 g/mol. The summed E-state index contributed by atoms with van der Waals surface area (Å²) in [6, 6.07) is 17.1. The molecule has 3 rings (SSSR count). The molecule has 0 radical (unpaired) electrons. The highest BCUT2D eigenvalue weighted by Crippen LogP contribution is 2.23. The van der Waals surface area contributed by atoms with Crippen LogP contribution >= 0.6 is 0 Å². The molecule has 0 bridgehead atoms. The molecule has 0 saturated carbocycles. The summed E-state index contributed by atoms with van der Waals surface area (Å²) < 4.78 is 11.4. The molecule has 122 valence electrons.